The molecule has 230 valence electrons. The molecule has 0 aromatic rings. The average Bonchev–Trinajstić information content (AvgIpc) is 2.90. The van der Waals surface area contributed by atoms with E-state index in [0.29, 0.717) is 66.1 Å². The lowest BCUT2D eigenvalue weighted by atomic mass is 10.5. The molecule has 0 saturated carbocycles. The van der Waals surface area contributed by atoms with Crippen LogP contribution in [-0.4, -0.2) is 127 Å². The Morgan fingerprint density at radius 1 is 0.368 bits per heavy atom. The lowest BCUT2D eigenvalue weighted by Crippen LogP contribution is -2.18. The third-order valence-electron chi connectivity index (χ3n) is 3.78. The van der Waals surface area contributed by atoms with Crippen molar-refractivity contribution in [1.82, 2.24) is 0 Å². The molecule has 0 amide bonds. The summed E-state index contributed by atoms with van der Waals surface area (Å²) in [7, 11) is 3.04. The summed E-state index contributed by atoms with van der Waals surface area (Å²) in [6.07, 6.45) is -0.730. The van der Waals surface area contributed by atoms with E-state index >= 15 is 0 Å². The summed E-state index contributed by atoms with van der Waals surface area (Å²) in [5, 5.41) is 0. The highest BCUT2D eigenvalue weighted by atomic mass is 31.2. The smallest absolute Gasteiger partial charge is 0.333 e. The van der Waals surface area contributed by atoms with E-state index in [4.69, 9.17) is 64.4 Å². The van der Waals surface area contributed by atoms with Gasteiger partial charge in [0.2, 0.25) is 0 Å². The van der Waals surface area contributed by atoms with E-state index in [9.17, 15) is 0 Å². The van der Waals surface area contributed by atoms with E-state index in [2.05, 4.69) is 0 Å². The molecule has 14 nitrogen and oxygen atoms in total. The monoisotopic (exact) mass is 616 g/mol. The number of methoxy groups -OCH3 is 5. The zero-order valence-electron chi connectivity index (χ0n) is 23.7. The van der Waals surface area contributed by atoms with Gasteiger partial charge < -0.3 is 64.4 Å². The predicted molar refractivity (Wildman–Crippen MR) is 143 cm³/mol. The fourth-order valence-electron chi connectivity index (χ4n) is 1.97. The molecule has 0 rings (SSSR count). The molecule has 0 aliphatic heterocycles. The van der Waals surface area contributed by atoms with Crippen molar-refractivity contribution in [2.45, 2.75) is 26.1 Å². The van der Waals surface area contributed by atoms with Crippen molar-refractivity contribution in [3.05, 3.63) is 0 Å². The maximum absolute atomic E-state index is 5.87. The van der Waals surface area contributed by atoms with E-state index in [-0.39, 0.29) is 25.4 Å². The standard InChI is InChI=1S/C21H47O14P3/c1-20(34-37(28-14-9-23-4)29-15-10-24-5)18-32-36(27-13-8-22-3)33-19-21(2)35-38(30-16-11-25-6)31-17-12-26-7/h20-21H,8-19H2,1-7H3. The molecular weight excluding hydrogens is 569 g/mol. The summed E-state index contributed by atoms with van der Waals surface area (Å²) in [6.45, 7) is 7.76. The van der Waals surface area contributed by atoms with E-state index < -0.39 is 25.8 Å². The van der Waals surface area contributed by atoms with Gasteiger partial charge in [0.05, 0.1) is 91.5 Å². The highest BCUT2D eigenvalue weighted by Gasteiger charge is 2.23. The number of rotatable bonds is 30. The Labute approximate surface area is 231 Å². The van der Waals surface area contributed by atoms with Crippen LogP contribution < -0.4 is 0 Å². The first-order valence-corrected chi connectivity index (χ1v) is 15.4. The van der Waals surface area contributed by atoms with E-state index in [1.165, 1.54) is 0 Å². The zero-order chi connectivity index (χ0) is 28.3. The molecule has 2 atom stereocenters. The SMILES string of the molecule is COCCOP(OCC(C)OP(OCCOC)OCCOC)OCC(C)OP(OCCOC)OCCOC. The molecule has 0 fully saturated rings. The molecule has 17 heteroatoms. The molecule has 2 unspecified atom stereocenters. The minimum Gasteiger partial charge on any atom is -0.382 e. The summed E-state index contributed by atoms with van der Waals surface area (Å²) in [5.74, 6) is 0. The molecule has 0 aromatic carbocycles. The normalized spacial score (nSPS) is 14.4. The van der Waals surface area contributed by atoms with Crippen molar-refractivity contribution in [3.8, 4) is 0 Å². The summed E-state index contributed by atoms with van der Waals surface area (Å²) in [6, 6.07) is 0. The van der Waals surface area contributed by atoms with Crippen molar-refractivity contribution in [2.75, 3.05) is 115 Å². The summed E-state index contributed by atoms with van der Waals surface area (Å²) < 4.78 is 76.8. The maximum atomic E-state index is 5.87. The van der Waals surface area contributed by atoms with Crippen LogP contribution in [0.25, 0.3) is 0 Å². The molecule has 0 N–H and O–H groups in total. The Balaban J connectivity index is 4.73. The predicted octanol–water partition coefficient (Wildman–Crippen LogP) is 3.83. The molecule has 38 heavy (non-hydrogen) atoms. The summed E-state index contributed by atoms with van der Waals surface area (Å²) in [5.41, 5.74) is 0. The Kier molecular flexibility index (Phi) is 29.8. The Morgan fingerprint density at radius 3 is 0.895 bits per heavy atom. The third kappa shape index (κ3) is 24.5. The van der Waals surface area contributed by atoms with Crippen LogP contribution in [0.1, 0.15) is 13.8 Å². The van der Waals surface area contributed by atoms with Crippen molar-refractivity contribution in [3.63, 3.8) is 0 Å². The van der Waals surface area contributed by atoms with Crippen LogP contribution in [0.4, 0.5) is 0 Å². The highest BCUT2D eigenvalue weighted by Crippen LogP contribution is 2.45. The van der Waals surface area contributed by atoms with Gasteiger partial charge in [-0.3, -0.25) is 0 Å². The Hall–Kier alpha value is 0.730. The van der Waals surface area contributed by atoms with Gasteiger partial charge in [-0.2, -0.15) is 0 Å². The quantitative estimate of drug-likeness (QED) is 0.0856. The van der Waals surface area contributed by atoms with Crippen molar-refractivity contribution >= 4 is 25.8 Å². The van der Waals surface area contributed by atoms with Gasteiger partial charge >= 0.3 is 25.8 Å². The van der Waals surface area contributed by atoms with E-state index in [1.807, 2.05) is 13.8 Å². The van der Waals surface area contributed by atoms with Crippen molar-refractivity contribution in [2.24, 2.45) is 0 Å². The maximum Gasteiger partial charge on any atom is 0.333 e. The summed E-state index contributed by atoms with van der Waals surface area (Å²) in [4.78, 5) is 0. The second-order valence-corrected chi connectivity index (χ2v) is 10.8. The minimum atomic E-state index is -1.71. The molecule has 0 aliphatic rings. The number of hydrogen-bond donors (Lipinski definition) is 0. The van der Waals surface area contributed by atoms with Crippen molar-refractivity contribution in [1.29, 1.82) is 0 Å². The van der Waals surface area contributed by atoms with Crippen LogP contribution in [0.3, 0.4) is 0 Å². The van der Waals surface area contributed by atoms with Gasteiger partial charge in [-0.25, -0.2) is 0 Å². The Morgan fingerprint density at radius 2 is 0.632 bits per heavy atom. The molecular formula is C21H47O14P3. The van der Waals surface area contributed by atoms with Gasteiger partial charge in [-0.15, -0.1) is 0 Å². The van der Waals surface area contributed by atoms with Gasteiger partial charge in [-0.05, 0) is 13.8 Å². The first-order valence-electron chi connectivity index (χ1n) is 12.1. The fraction of sp³-hybridized carbons (Fsp3) is 1.00. The van der Waals surface area contributed by atoms with Gasteiger partial charge in [0.1, 0.15) is 0 Å². The lowest BCUT2D eigenvalue weighted by Gasteiger charge is -2.24. The molecule has 0 saturated heterocycles. The second-order valence-electron chi connectivity index (χ2n) is 7.22. The van der Waals surface area contributed by atoms with Crippen LogP contribution in [0.2, 0.25) is 0 Å². The molecule has 0 bridgehead atoms. The van der Waals surface area contributed by atoms with Gasteiger partial charge in [0.25, 0.3) is 0 Å². The first kappa shape index (κ1) is 38.7. The van der Waals surface area contributed by atoms with Gasteiger partial charge in [0.15, 0.2) is 0 Å². The molecule has 0 radical (unpaired) electrons. The number of ether oxygens (including phenoxy) is 5. The minimum absolute atomic E-state index is 0.182. The van der Waals surface area contributed by atoms with E-state index in [0.717, 1.165) is 0 Å². The van der Waals surface area contributed by atoms with Crippen LogP contribution in [0.15, 0.2) is 0 Å². The average molecular weight is 617 g/mol. The van der Waals surface area contributed by atoms with Gasteiger partial charge in [-0.1, -0.05) is 0 Å². The van der Waals surface area contributed by atoms with Crippen LogP contribution in [0, 0.1) is 0 Å². The Bertz CT molecular complexity index is 432. The first-order chi connectivity index (χ1) is 18.5. The zero-order valence-corrected chi connectivity index (χ0v) is 26.4. The van der Waals surface area contributed by atoms with Crippen molar-refractivity contribution < 1.29 is 64.4 Å². The third-order valence-corrected chi connectivity index (χ3v) is 7.53. The molecule has 0 aliphatic carbocycles. The molecule has 0 heterocycles. The lowest BCUT2D eigenvalue weighted by molar-refractivity contribution is 0.0428. The van der Waals surface area contributed by atoms with Gasteiger partial charge in [0, 0.05) is 35.5 Å². The largest absolute Gasteiger partial charge is 0.382 e. The number of hydrogen-bond acceptors (Lipinski definition) is 14. The van der Waals surface area contributed by atoms with Crippen LogP contribution in [-0.2, 0) is 64.4 Å². The topological polar surface area (TPSA) is 129 Å². The highest BCUT2D eigenvalue weighted by molar-refractivity contribution is 7.42. The molecule has 0 spiro atoms. The summed E-state index contributed by atoms with van der Waals surface area (Å²) >= 11 is 0. The second kappa shape index (κ2) is 29.2. The van der Waals surface area contributed by atoms with E-state index in [1.54, 1.807) is 35.5 Å². The van der Waals surface area contributed by atoms with Crippen LogP contribution in [0.5, 0.6) is 0 Å². The fourth-order valence-corrected chi connectivity index (χ4v) is 5.08. The molecule has 0 aromatic heterocycles. The van der Waals surface area contributed by atoms with Crippen LogP contribution >= 0.6 is 25.8 Å².